The van der Waals surface area contributed by atoms with Crippen LogP contribution >= 0.6 is 0 Å². The summed E-state index contributed by atoms with van der Waals surface area (Å²) < 4.78 is 0. The number of amides is 1. The van der Waals surface area contributed by atoms with Crippen LogP contribution in [0.4, 0.5) is 5.69 Å². The molecule has 108 valence electrons. The quantitative estimate of drug-likeness (QED) is 0.859. The second-order valence-electron chi connectivity index (χ2n) is 4.70. The molecule has 0 aliphatic carbocycles. The molecular weight excluding hydrogens is 272 g/mol. The van der Waals surface area contributed by atoms with Crippen molar-refractivity contribution in [3.63, 3.8) is 0 Å². The summed E-state index contributed by atoms with van der Waals surface area (Å²) in [5.41, 5.74) is 3.54. The van der Waals surface area contributed by atoms with Crippen molar-refractivity contribution in [2.24, 2.45) is 5.10 Å². The number of hydrogen-bond donors (Lipinski definition) is 2. The second kappa shape index (κ2) is 5.28. The van der Waals surface area contributed by atoms with Gasteiger partial charge in [-0.25, -0.2) is 0 Å². The molecule has 1 amide bonds. The normalized spacial score (nSPS) is 20.1. The number of nitrogens with zero attached hydrogens (tertiary/aromatic N) is 3. The Labute approximate surface area is 121 Å². The van der Waals surface area contributed by atoms with Crippen LogP contribution < -0.4 is 10.3 Å². The molecule has 0 aromatic heterocycles. The van der Waals surface area contributed by atoms with Gasteiger partial charge in [-0.3, -0.25) is 19.9 Å². The van der Waals surface area contributed by atoms with Gasteiger partial charge in [-0.15, -0.1) is 0 Å². The lowest BCUT2D eigenvalue weighted by molar-refractivity contribution is -0.136. The summed E-state index contributed by atoms with van der Waals surface area (Å²) in [7, 11) is 0. The first-order chi connectivity index (χ1) is 10.2. The van der Waals surface area contributed by atoms with Gasteiger partial charge in [0.25, 0.3) is 5.91 Å². The zero-order chi connectivity index (χ0) is 14.8. The van der Waals surface area contributed by atoms with E-state index in [1.54, 1.807) is 22.2 Å². The number of amidine groups is 1. The van der Waals surface area contributed by atoms with E-state index >= 15 is 0 Å². The fourth-order valence-corrected chi connectivity index (χ4v) is 2.30. The Morgan fingerprint density at radius 3 is 2.76 bits per heavy atom. The number of carboxylic acids is 1. The number of para-hydroxylation sites is 1. The first kappa shape index (κ1) is 13.2. The van der Waals surface area contributed by atoms with Gasteiger partial charge in [0.2, 0.25) is 6.17 Å². The van der Waals surface area contributed by atoms with E-state index in [2.05, 4.69) is 10.5 Å². The SMILES string of the molecule is O=C(O)CCC1=NNC2C(=O)N(c3ccccc3)C=CN12. The Morgan fingerprint density at radius 2 is 2.05 bits per heavy atom. The summed E-state index contributed by atoms with van der Waals surface area (Å²) in [4.78, 5) is 26.3. The molecule has 7 nitrogen and oxygen atoms in total. The van der Waals surface area contributed by atoms with Gasteiger partial charge >= 0.3 is 5.97 Å². The van der Waals surface area contributed by atoms with Crippen LogP contribution in [0.2, 0.25) is 0 Å². The lowest BCUT2D eigenvalue weighted by Gasteiger charge is -2.32. The minimum Gasteiger partial charge on any atom is -0.481 e. The van der Waals surface area contributed by atoms with Crippen molar-refractivity contribution in [1.82, 2.24) is 10.3 Å². The predicted octanol–water partition coefficient (Wildman–Crippen LogP) is 0.914. The van der Waals surface area contributed by atoms with E-state index in [4.69, 9.17) is 5.11 Å². The van der Waals surface area contributed by atoms with E-state index < -0.39 is 12.1 Å². The Morgan fingerprint density at radius 1 is 1.29 bits per heavy atom. The minimum atomic E-state index is -0.889. The molecule has 1 unspecified atom stereocenters. The molecule has 2 aliphatic heterocycles. The molecule has 2 N–H and O–H groups in total. The fraction of sp³-hybridized carbons (Fsp3) is 0.214. The highest BCUT2D eigenvalue weighted by molar-refractivity contribution is 6.03. The van der Waals surface area contributed by atoms with Crippen molar-refractivity contribution >= 4 is 23.4 Å². The highest BCUT2D eigenvalue weighted by atomic mass is 16.4. The molecule has 3 rings (SSSR count). The molecule has 1 atom stereocenters. The summed E-state index contributed by atoms with van der Waals surface area (Å²) in [5.74, 6) is -0.489. The number of carbonyl (C=O) groups is 2. The zero-order valence-corrected chi connectivity index (χ0v) is 11.1. The number of carbonyl (C=O) groups excluding carboxylic acids is 1. The Kier molecular flexibility index (Phi) is 3.31. The molecule has 1 aromatic rings. The average molecular weight is 286 g/mol. The topological polar surface area (TPSA) is 85.2 Å². The summed E-state index contributed by atoms with van der Waals surface area (Å²) in [6.07, 6.45) is 3.05. The minimum absolute atomic E-state index is 0.0197. The average Bonchev–Trinajstić information content (AvgIpc) is 2.90. The van der Waals surface area contributed by atoms with Crippen LogP contribution in [0.15, 0.2) is 47.8 Å². The molecular formula is C14H14N4O3. The highest BCUT2D eigenvalue weighted by Crippen LogP contribution is 2.23. The van der Waals surface area contributed by atoms with Crippen LogP contribution in [-0.4, -0.2) is 33.9 Å². The van der Waals surface area contributed by atoms with Crippen molar-refractivity contribution in [3.8, 4) is 0 Å². The van der Waals surface area contributed by atoms with Gasteiger partial charge in [0, 0.05) is 24.5 Å². The van der Waals surface area contributed by atoms with Gasteiger partial charge in [0.15, 0.2) is 0 Å². The van der Waals surface area contributed by atoms with Crippen molar-refractivity contribution in [3.05, 3.63) is 42.7 Å². The number of aliphatic carboxylic acids is 1. The lowest BCUT2D eigenvalue weighted by Crippen LogP contribution is -2.52. The van der Waals surface area contributed by atoms with Crippen molar-refractivity contribution in [1.29, 1.82) is 0 Å². The predicted molar refractivity (Wildman–Crippen MR) is 76.1 cm³/mol. The zero-order valence-electron chi connectivity index (χ0n) is 11.1. The molecule has 0 saturated carbocycles. The molecule has 0 spiro atoms. The molecule has 21 heavy (non-hydrogen) atoms. The highest BCUT2D eigenvalue weighted by Gasteiger charge is 2.37. The Hall–Kier alpha value is -2.83. The summed E-state index contributed by atoms with van der Waals surface area (Å²) in [5, 5.41) is 12.8. The third-order valence-electron chi connectivity index (χ3n) is 3.34. The maximum absolute atomic E-state index is 12.5. The van der Waals surface area contributed by atoms with Crippen molar-refractivity contribution < 1.29 is 14.7 Å². The monoisotopic (exact) mass is 286 g/mol. The molecule has 0 saturated heterocycles. The molecule has 2 aliphatic rings. The molecule has 2 heterocycles. The van der Waals surface area contributed by atoms with Crippen LogP contribution in [0.25, 0.3) is 0 Å². The summed E-state index contributed by atoms with van der Waals surface area (Å²) in [6.45, 7) is 0. The molecule has 0 fully saturated rings. The number of benzene rings is 1. The number of fused-ring (bicyclic) bond motifs is 1. The maximum Gasteiger partial charge on any atom is 0.303 e. The Bertz CT molecular complexity index is 626. The third-order valence-corrected chi connectivity index (χ3v) is 3.34. The van der Waals surface area contributed by atoms with Crippen LogP contribution in [0.1, 0.15) is 12.8 Å². The maximum atomic E-state index is 12.5. The van der Waals surface area contributed by atoms with Gasteiger partial charge in [-0.1, -0.05) is 18.2 Å². The number of hydrazone groups is 1. The van der Waals surface area contributed by atoms with E-state index in [9.17, 15) is 9.59 Å². The van der Waals surface area contributed by atoms with E-state index in [1.807, 2.05) is 30.3 Å². The summed E-state index contributed by atoms with van der Waals surface area (Å²) in [6, 6.07) is 9.30. The third kappa shape index (κ3) is 2.45. The molecule has 0 bridgehead atoms. The van der Waals surface area contributed by atoms with Crippen molar-refractivity contribution in [2.75, 3.05) is 4.90 Å². The van der Waals surface area contributed by atoms with Crippen molar-refractivity contribution in [2.45, 2.75) is 19.0 Å². The fourth-order valence-electron chi connectivity index (χ4n) is 2.30. The van der Waals surface area contributed by atoms with Gasteiger partial charge < -0.3 is 10.0 Å². The van der Waals surface area contributed by atoms with E-state index in [0.29, 0.717) is 5.84 Å². The number of carboxylic acid groups (broad SMARTS) is 1. The largest absolute Gasteiger partial charge is 0.481 e. The lowest BCUT2D eigenvalue weighted by atomic mass is 10.2. The van der Waals surface area contributed by atoms with Crippen LogP contribution in [0.3, 0.4) is 0 Å². The first-order valence-electron chi connectivity index (χ1n) is 6.55. The van der Waals surface area contributed by atoms with Gasteiger partial charge in [0.1, 0.15) is 5.84 Å². The van der Waals surface area contributed by atoms with E-state index in [0.717, 1.165) is 5.69 Å². The number of rotatable bonds is 4. The number of anilines is 1. The first-order valence-corrected chi connectivity index (χ1v) is 6.55. The summed E-state index contributed by atoms with van der Waals surface area (Å²) >= 11 is 0. The molecule has 0 radical (unpaired) electrons. The second-order valence-corrected chi connectivity index (χ2v) is 4.70. The van der Waals surface area contributed by atoms with Crippen LogP contribution in [-0.2, 0) is 9.59 Å². The van der Waals surface area contributed by atoms with Crippen LogP contribution in [0.5, 0.6) is 0 Å². The van der Waals surface area contributed by atoms with Crippen LogP contribution in [0, 0.1) is 0 Å². The number of nitrogens with one attached hydrogen (secondary N) is 1. The van der Waals surface area contributed by atoms with Gasteiger partial charge in [-0.2, -0.15) is 5.10 Å². The van der Waals surface area contributed by atoms with Gasteiger partial charge in [-0.05, 0) is 12.1 Å². The molecule has 7 heteroatoms. The van der Waals surface area contributed by atoms with E-state index in [1.165, 1.54) is 0 Å². The standard InChI is InChI=1S/C14H14N4O3/c19-12(20)7-6-11-15-16-13-14(21)17(8-9-18(11)13)10-4-2-1-3-5-10/h1-5,8-9,13,16H,6-7H2,(H,19,20). The van der Waals surface area contributed by atoms with E-state index in [-0.39, 0.29) is 18.7 Å². The van der Waals surface area contributed by atoms with Gasteiger partial charge in [0.05, 0.1) is 6.42 Å². The smallest absolute Gasteiger partial charge is 0.303 e. The number of hydrogen-bond acceptors (Lipinski definition) is 5. The Balaban J connectivity index is 1.78. The molecule has 1 aromatic carbocycles.